The van der Waals surface area contributed by atoms with Crippen molar-refractivity contribution in [1.29, 1.82) is 0 Å². The van der Waals surface area contributed by atoms with Crippen LogP contribution in [0.3, 0.4) is 0 Å². The quantitative estimate of drug-likeness (QED) is 0.884. The molecule has 2 aromatic rings. The number of rotatable bonds is 6. The molecule has 0 heterocycles. The number of carboxylic acids is 1. The number of hydrogen-bond donors (Lipinski definition) is 1. The predicted molar refractivity (Wildman–Crippen MR) is 83.0 cm³/mol. The molecule has 22 heavy (non-hydrogen) atoms. The van der Waals surface area contributed by atoms with Gasteiger partial charge in [-0.1, -0.05) is 48.5 Å². The summed E-state index contributed by atoms with van der Waals surface area (Å²) < 4.78 is 26.0. The molecule has 0 saturated heterocycles. The van der Waals surface area contributed by atoms with E-state index in [9.17, 15) is 18.3 Å². The predicted octanol–water partition coefficient (Wildman–Crippen LogP) is 2.00. The average molecular weight is 319 g/mol. The van der Waals surface area contributed by atoms with Crippen LogP contribution in [-0.2, 0) is 21.2 Å². The number of likely N-dealkylation sites (N-methyl/N-ethyl adjacent to an activating group) is 1. The summed E-state index contributed by atoms with van der Waals surface area (Å²) in [5.41, 5.74) is 0.769. The van der Waals surface area contributed by atoms with Gasteiger partial charge in [0.15, 0.2) is 0 Å². The zero-order chi connectivity index (χ0) is 16.2. The normalized spacial score (nSPS) is 13.0. The van der Waals surface area contributed by atoms with E-state index in [0.717, 1.165) is 9.87 Å². The minimum atomic E-state index is -3.85. The van der Waals surface area contributed by atoms with Gasteiger partial charge in [-0.2, -0.15) is 4.31 Å². The molecule has 0 aliphatic carbocycles. The highest BCUT2D eigenvalue weighted by Gasteiger charge is 2.32. The second kappa shape index (κ2) is 6.72. The SMILES string of the molecule is CN([C@H](Cc1ccccc1)C(=O)O)S(=O)(=O)c1ccccc1. The van der Waals surface area contributed by atoms with Gasteiger partial charge in [0.1, 0.15) is 6.04 Å². The Morgan fingerprint density at radius 3 is 2.05 bits per heavy atom. The highest BCUT2D eigenvalue weighted by atomic mass is 32.2. The van der Waals surface area contributed by atoms with E-state index in [1.54, 1.807) is 42.5 Å². The molecule has 1 N–H and O–H groups in total. The minimum absolute atomic E-state index is 0.0804. The monoisotopic (exact) mass is 319 g/mol. The van der Waals surface area contributed by atoms with Crippen LogP contribution in [0, 0.1) is 0 Å². The van der Waals surface area contributed by atoms with Gasteiger partial charge < -0.3 is 5.11 Å². The average Bonchev–Trinajstić information content (AvgIpc) is 2.53. The van der Waals surface area contributed by atoms with Crippen LogP contribution in [0.15, 0.2) is 65.6 Å². The lowest BCUT2D eigenvalue weighted by Crippen LogP contribution is -2.43. The van der Waals surface area contributed by atoms with Gasteiger partial charge in [-0.05, 0) is 24.1 Å². The maximum atomic E-state index is 12.5. The molecule has 6 heteroatoms. The highest BCUT2D eigenvalue weighted by molar-refractivity contribution is 7.89. The fourth-order valence-corrected chi connectivity index (χ4v) is 3.47. The molecule has 0 aromatic heterocycles. The molecule has 5 nitrogen and oxygen atoms in total. The Morgan fingerprint density at radius 2 is 1.55 bits per heavy atom. The Morgan fingerprint density at radius 1 is 1.05 bits per heavy atom. The summed E-state index contributed by atoms with van der Waals surface area (Å²) in [4.78, 5) is 11.6. The van der Waals surface area contributed by atoms with Crippen LogP contribution in [0.2, 0.25) is 0 Å². The van der Waals surface area contributed by atoms with Crippen molar-refractivity contribution in [3.63, 3.8) is 0 Å². The zero-order valence-electron chi connectivity index (χ0n) is 12.1. The number of hydrogen-bond acceptors (Lipinski definition) is 3. The molecule has 0 aliphatic rings. The Balaban J connectivity index is 2.31. The summed E-state index contributed by atoms with van der Waals surface area (Å²) in [7, 11) is -2.56. The Bertz CT molecular complexity index is 729. The fraction of sp³-hybridized carbons (Fsp3) is 0.188. The Labute approximate surface area is 129 Å². The van der Waals surface area contributed by atoms with Crippen molar-refractivity contribution >= 4 is 16.0 Å². The van der Waals surface area contributed by atoms with Gasteiger partial charge in [-0.25, -0.2) is 8.42 Å². The Kier molecular flexibility index (Phi) is 4.95. The van der Waals surface area contributed by atoms with Crippen molar-refractivity contribution in [3.05, 3.63) is 66.2 Å². The third-order valence-corrected chi connectivity index (χ3v) is 5.30. The van der Waals surface area contributed by atoms with Gasteiger partial charge in [0.2, 0.25) is 10.0 Å². The van der Waals surface area contributed by atoms with Crippen LogP contribution >= 0.6 is 0 Å². The lowest BCUT2D eigenvalue weighted by molar-refractivity contribution is -0.141. The van der Waals surface area contributed by atoms with Crippen LogP contribution < -0.4 is 0 Å². The molecule has 0 aliphatic heterocycles. The maximum absolute atomic E-state index is 12.5. The van der Waals surface area contributed by atoms with Gasteiger partial charge in [0.25, 0.3) is 0 Å². The molecule has 1 atom stereocenters. The molecule has 0 bridgehead atoms. The minimum Gasteiger partial charge on any atom is -0.480 e. The first-order valence-corrected chi connectivity index (χ1v) is 8.17. The van der Waals surface area contributed by atoms with Crippen LogP contribution in [-0.4, -0.2) is 36.9 Å². The molecule has 116 valence electrons. The summed E-state index contributed by atoms with van der Waals surface area (Å²) in [6, 6.07) is 15.6. The van der Waals surface area contributed by atoms with Crippen molar-refractivity contribution in [2.24, 2.45) is 0 Å². The largest absolute Gasteiger partial charge is 0.480 e. The molecule has 0 fully saturated rings. The summed E-state index contributed by atoms with van der Waals surface area (Å²) >= 11 is 0. The van der Waals surface area contributed by atoms with Crippen LogP contribution in [0.4, 0.5) is 0 Å². The van der Waals surface area contributed by atoms with E-state index in [1.807, 2.05) is 6.07 Å². The third-order valence-electron chi connectivity index (χ3n) is 3.42. The van der Waals surface area contributed by atoms with Gasteiger partial charge >= 0.3 is 5.97 Å². The van der Waals surface area contributed by atoms with Crippen LogP contribution in [0.1, 0.15) is 5.56 Å². The van der Waals surface area contributed by atoms with E-state index in [0.29, 0.717) is 0 Å². The second-order valence-corrected chi connectivity index (χ2v) is 6.88. The summed E-state index contributed by atoms with van der Waals surface area (Å²) in [6.07, 6.45) is 0.110. The fourth-order valence-electron chi connectivity index (χ4n) is 2.13. The summed E-state index contributed by atoms with van der Waals surface area (Å²) in [6.45, 7) is 0. The van der Waals surface area contributed by atoms with Gasteiger partial charge in [0, 0.05) is 7.05 Å². The van der Waals surface area contributed by atoms with Crippen LogP contribution in [0.25, 0.3) is 0 Å². The van der Waals surface area contributed by atoms with Gasteiger partial charge in [-0.15, -0.1) is 0 Å². The first-order valence-electron chi connectivity index (χ1n) is 6.73. The van der Waals surface area contributed by atoms with Crippen molar-refractivity contribution in [2.75, 3.05) is 7.05 Å². The summed E-state index contributed by atoms with van der Waals surface area (Å²) in [5.74, 6) is -1.18. The Hall–Kier alpha value is -2.18. The molecule has 0 saturated carbocycles. The molecular weight excluding hydrogens is 302 g/mol. The van der Waals surface area contributed by atoms with E-state index in [2.05, 4.69) is 0 Å². The van der Waals surface area contributed by atoms with E-state index in [4.69, 9.17) is 0 Å². The van der Waals surface area contributed by atoms with Crippen molar-refractivity contribution in [3.8, 4) is 0 Å². The summed E-state index contributed by atoms with van der Waals surface area (Å²) in [5, 5.41) is 9.41. The van der Waals surface area contributed by atoms with E-state index in [-0.39, 0.29) is 11.3 Å². The van der Waals surface area contributed by atoms with E-state index >= 15 is 0 Å². The zero-order valence-corrected chi connectivity index (χ0v) is 12.9. The number of nitrogens with zero attached hydrogens (tertiary/aromatic N) is 1. The number of benzene rings is 2. The van der Waals surface area contributed by atoms with E-state index < -0.39 is 22.0 Å². The molecule has 0 spiro atoms. The smallest absolute Gasteiger partial charge is 0.322 e. The molecule has 0 radical (unpaired) electrons. The number of carboxylic acid groups (broad SMARTS) is 1. The van der Waals surface area contributed by atoms with E-state index in [1.165, 1.54) is 19.2 Å². The van der Waals surface area contributed by atoms with Gasteiger partial charge in [0.05, 0.1) is 4.90 Å². The molecular formula is C16H17NO4S. The molecule has 2 rings (SSSR count). The third kappa shape index (κ3) is 3.52. The molecule has 0 unspecified atom stereocenters. The number of carbonyl (C=O) groups is 1. The first kappa shape index (κ1) is 16.2. The maximum Gasteiger partial charge on any atom is 0.322 e. The number of sulfonamides is 1. The highest BCUT2D eigenvalue weighted by Crippen LogP contribution is 2.18. The second-order valence-electron chi connectivity index (χ2n) is 4.88. The van der Waals surface area contributed by atoms with Crippen molar-refractivity contribution in [1.82, 2.24) is 4.31 Å². The van der Waals surface area contributed by atoms with Crippen molar-refractivity contribution < 1.29 is 18.3 Å². The lowest BCUT2D eigenvalue weighted by Gasteiger charge is -2.24. The topological polar surface area (TPSA) is 74.7 Å². The number of aliphatic carboxylic acids is 1. The van der Waals surface area contributed by atoms with Crippen LogP contribution in [0.5, 0.6) is 0 Å². The van der Waals surface area contributed by atoms with Gasteiger partial charge in [-0.3, -0.25) is 4.79 Å². The van der Waals surface area contributed by atoms with Crippen molar-refractivity contribution in [2.45, 2.75) is 17.4 Å². The molecule has 0 amide bonds. The standard InChI is InChI=1S/C16H17NO4S/c1-17(22(20,21)14-10-6-3-7-11-14)15(16(18)19)12-13-8-4-2-5-9-13/h2-11,15H,12H2,1H3,(H,18,19)/t15-/m1/s1. The molecule has 2 aromatic carbocycles. The first-order chi connectivity index (χ1) is 10.4. The lowest BCUT2D eigenvalue weighted by atomic mass is 10.1.